The smallest absolute Gasteiger partial charge is 0.303 e. The number of nitrogens with zero attached hydrogens (tertiary/aromatic N) is 2. The lowest BCUT2D eigenvalue weighted by Crippen LogP contribution is -2.39. The molecule has 24 heavy (non-hydrogen) atoms. The second-order valence-electron chi connectivity index (χ2n) is 5.38. The normalized spacial score (nSPS) is 14.3. The average molecular weight is 335 g/mol. The van der Waals surface area contributed by atoms with Crippen molar-refractivity contribution < 1.29 is 23.9 Å². The average Bonchev–Trinajstić information content (AvgIpc) is 2.55. The first-order chi connectivity index (χ1) is 11.5. The van der Waals surface area contributed by atoms with E-state index in [1.165, 1.54) is 17.1 Å². The zero-order valence-electron chi connectivity index (χ0n) is 13.0. The third kappa shape index (κ3) is 5.15. The highest BCUT2D eigenvalue weighted by atomic mass is 19.1. The molecule has 0 aliphatic carbocycles. The molecule has 0 aromatic heterocycles. The molecule has 1 aliphatic heterocycles. The minimum absolute atomic E-state index is 0.0259. The number of nitrogens with one attached hydrogen (secondary N) is 1. The number of hydrazone groups is 1. The number of rotatable bonds is 7. The molecular formula is C16H18FN3O4. The molecule has 0 saturated carbocycles. The number of hydrogen-bond acceptors (Lipinski definition) is 4. The molecule has 0 spiro atoms. The van der Waals surface area contributed by atoms with E-state index in [-0.39, 0.29) is 49.8 Å². The topological polar surface area (TPSA) is 99.1 Å². The van der Waals surface area contributed by atoms with Crippen LogP contribution in [0.1, 0.15) is 31.2 Å². The third-order valence-electron chi connectivity index (χ3n) is 3.47. The molecule has 0 unspecified atom stereocenters. The molecule has 0 bridgehead atoms. The lowest BCUT2D eigenvalue weighted by molar-refractivity contribution is -0.137. The molecule has 1 aromatic carbocycles. The Hall–Kier alpha value is -2.77. The van der Waals surface area contributed by atoms with Gasteiger partial charge in [0.05, 0.1) is 6.54 Å². The van der Waals surface area contributed by atoms with Crippen molar-refractivity contribution in [3.05, 3.63) is 35.6 Å². The Kier molecular flexibility index (Phi) is 6.00. The number of benzene rings is 1. The van der Waals surface area contributed by atoms with Gasteiger partial charge >= 0.3 is 5.97 Å². The molecule has 0 radical (unpaired) electrons. The van der Waals surface area contributed by atoms with Gasteiger partial charge in [0, 0.05) is 25.8 Å². The van der Waals surface area contributed by atoms with Gasteiger partial charge in [-0.25, -0.2) is 9.40 Å². The largest absolute Gasteiger partial charge is 0.481 e. The molecule has 2 amide bonds. The van der Waals surface area contributed by atoms with Crippen LogP contribution in [0.2, 0.25) is 0 Å². The molecule has 2 N–H and O–H groups in total. The van der Waals surface area contributed by atoms with Gasteiger partial charge in [-0.05, 0) is 24.1 Å². The molecule has 7 nitrogen and oxygen atoms in total. The number of halogens is 1. The molecule has 1 heterocycles. The predicted molar refractivity (Wildman–Crippen MR) is 83.5 cm³/mol. The third-order valence-corrected chi connectivity index (χ3v) is 3.47. The van der Waals surface area contributed by atoms with E-state index in [0.29, 0.717) is 12.0 Å². The molecule has 1 aliphatic rings. The van der Waals surface area contributed by atoms with Crippen LogP contribution in [0.15, 0.2) is 29.4 Å². The summed E-state index contributed by atoms with van der Waals surface area (Å²) in [5, 5.41) is 16.4. The van der Waals surface area contributed by atoms with E-state index in [1.54, 1.807) is 12.1 Å². The van der Waals surface area contributed by atoms with Crippen LogP contribution >= 0.6 is 0 Å². The maximum atomic E-state index is 12.9. The summed E-state index contributed by atoms with van der Waals surface area (Å²) >= 11 is 0. The van der Waals surface area contributed by atoms with Crippen molar-refractivity contribution in [1.29, 1.82) is 0 Å². The van der Waals surface area contributed by atoms with Crippen LogP contribution in [0.5, 0.6) is 0 Å². The Balaban J connectivity index is 1.95. The molecule has 0 fully saturated rings. The number of carboxylic acids is 1. The Morgan fingerprint density at radius 1 is 1.25 bits per heavy atom. The van der Waals surface area contributed by atoms with Crippen molar-refractivity contribution in [2.45, 2.75) is 32.2 Å². The Labute approximate surface area is 138 Å². The van der Waals surface area contributed by atoms with Crippen LogP contribution in [0.25, 0.3) is 0 Å². The first kappa shape index (κ1) is 17.6. The summed E-state index contributed by atoms with van der Waals surface area (Å²) in [5.74, 6) is -1.90. The highest BCUT2D eigenvalue weighted by molar-refractivity contribution is 6.39. The zero-order valence-corrected chi connectivity index (χ0v) is 13.0. The quantitative estimate of drug-likeness (QED) is 0.733. The van der Waals surface area contributed by atoms with Gasteiger partial charge in [-0.1, -0.05) is 12.1 Å². The van der Waals surface area contributed by atoms with Gasteiger partial charge in [0.15, 0.2) is 0 Å². The van der Waals surface area contributed by atoms with Crippen molar-refractivity contribution in [3.63, 3.8) is 0 Å². The molecule has 1 aromatic rings. The second-order valence-corrected chi connectivity index (χ2v) is 5.38. The summed E-state index contributed by atoms with van der Waals surface area (Å²) in [7, 11) is 0. The SMILES string of the molecule is O=C(O)CCCNC(=O)C1=NN(Cc2ccc(F)cc2)C(=O)CC1. The Bertz CT molecular complexity index is 658. The van der Waals surface area contributed by atoms with Crippen LogP contribution in [-0.2, 0) is 20.9 Å². The summed E-state index contributed by atoms with van der Waals surface area (Å²) < 4.78 is 12.9. The number of carbonyl (C=O) groups is 3. The van der Waals surface area contributed by atoms with Crippen molar-refractivity contribution in [2.75, 3.05) is 6.54 Å². The van der Waals surface area contributed by atoms with Crippen molar-refractivity contribution in [1.82, 2.24) is 10.3 Å². The fourth-order valence-corrected chi connectivity index (χ4v) is 2.19. The highest BCUT2D eigenvalue weighted by Crippen LogP contribution is 2.14. The lowest BCUT2D eigenvalue weighted by atomic mass is 10.1. The first-order valence-corrected chi connectivity index (χ1v) is 7.58. The molecule has 128 valence electrons. The van der Waals surface area contributed by atoms with Crippen LogP contribution in [-0.4, -0.2) is 40.2 Å². The fraction of sp³-hybridized carbons (Fsp3) is 0.375. The molecule has 8 heteroatoms. The number of hydrogen-bond donors (Lipinski definition) is 2. The van der Waals surface area contributed by atoms with Gasteiger partial charge in [-0.15, -0.1) is 0 Å². The summed E-state index contributed by atoms with van der Waals surface area (Å²) in [4.78, 5) is 34.3. The van der Waals surface area contributed by atoms with Crippen molar-refractivity contribution in [2.24, 2.45) is 5.10 Å². The minimum atomic E-state index is -0.921. The van der Waals surface area contributed by atoms with E-state index in [0.717, 1.165) is 0 Å². The number of aliphatic carboxylic acids is 1. The second kappa shape index (κ2) is 8.19. The van der Waals surface area contributed by atoms with Gasteiger partial charge in [0.2, 0.25) is 5.91 Å². The summed E-state index contributed by atoms with van der Waals surface area (Å²) in [6.07, 6.45) is 0.709. The van der Waals surface area contributed by atoms with Crippen LogP contribution < -0.4 is 5.32 Å². The summed E-state index contributed by atoms with van der Waals surface area (Å²) in [6, 6.07) is 5.70. The van der Waals surface area contributed by atoms with Gasteiger partial charge in [0.25, 0.3) is 5.91 Å². The zero-order chi connectivity index (χ0) is 17.5. The van der Waals surface area contributed by atoms with Gasteiger partial charge in [-0.2, -0.15) is 5.10 Å². The van der Waals surface area contributed by atoms with Crippen LogP contribution in [0.3, 0.4) is 0 Å². The molecule has 0 atom stereocenters. The summed E-state index contributed by atoms with van der Waals surface area (Å²) in [6.45, 7) is 0.394. The van der Waals surface area contributed by atoms with E-state index >= 15 is 0 Å². The fourth-order valence-electron chi connectivity index (χ4n) is 2.19. The Morgan fingerprint density at radius 3 is 2.62 bits per heavy atom. The predicted octanol–water partition coefficient (Wildman–Crippen LogP) is 1.29. The van der Waals surface area contributed by atoms with Crippen LogP contribution in [0.4, 0.5) is 4.39 Å². The van der Waals surface area contributed by atoms with E-state index < -0.39 is 11.9 Å². The highest BCUT2D eigenvalue weighted by Gasteiger charge is 2.24. The van der Waals surface area contributed by atoms with Gasteiger partial charge < -0.3 is 10.4 Å². The molecule has 0 saturated heterocycles. The molecule has 2 rings (SSSR count). The lowest BCUT2D eigenvalue weighted by Gasteiger charge is -2.23. The van der Waals surface area contributed by atoms with E-state index in [2.05, 4.69) is 10.4 Å². The standard InChI is InChI=1S/C16H18FN3O4/c17-12-5-3-11(4-6-12)10-20-14(21)8-7-13(19-20)16(24)18-9-1-2-15(22)23/h3-6H,1-2,7-10H2,(H,18,24)(H,22,23). The Morgan fingerprint density at radius 2 is 1.96 bits per heavy atom. The van der Waals surface area contributed by atoms with Gasteiger partial charge in [0.1, 0.15) is 11.5 Å². The number of amides is 2. The number of carbonyl (C=O) groups excluding carboxylic acids is 2. The monoisotopic (exact) mass is 335 g/mol. The minimum Gasteiger partial charge on any atom is -0.481 e. The van der Waals surface area contributed by atoms with E-state index in [4.69, 9.17) is 5.11 Å². The van der Waals surface area contributed by atoms with Crippen LogP contribution in [0, 0.1) is 5.82 Å². The van der Waals surface area contributed by atoms with Crippen molar-refractivity contribution >= 4 is 23.5 Å². The van der Waals surface area contributed by atoms with E-state index in [9.17, 15) is 18.8 Å². The van der Waals surface area contributed by atoms with Gasteiger partial charge in [-0.3, -0.25) is 14.4 Å². The van der Waals surface area contributed by atoms with Crippen molar-refractivity contribution in [3.8, 4) is 0 Å². The maximum absolute atomic E-state index is 12.9. The maximum Gasteiger partial charge on any atom is 0.303 e. The summed E-state index contributed by atoms with van der Waals surface area (Å²) in [5.41, 5.74) is 0.934. The first-order valence-electron chi connectivity index (χ1n) is 7.58. The van der Waals surface area contributed by atoms with E-state index in [1.807, 2.05) is 0 Å². The number of carboxylic acid groups (broad SMARTS) is 1. The molecular weight excluding hydrogens is 317 g/mol.